The number of aromatic amines is 1. The number of anilines is 2. The van der Waals surface area contributed by atoms with E-state index in [1.165, 1.54) is 16.2 Å². The van der Waals surface area contributed by atoms with Crippen molar-refractivity contribution < 1.29 is 4.79 Å². The molecule has 0 bridgehead atoms. The molecule has 19 heavy (non-hydrogen) atoms. The molecule has 2 heterocycles. The second kappa shape index (κ2) is 5.31. The number of nitrogen functional groups attached to an aromatic ring is 1. The number of aromatic nitrogens is 2. The molecule has 6 nitrogen and oxygen atoms in total. The third-order valence-electron chi connectivity index (χ3n) is 2.74. The highest BCUT2D eigenvalue weighted by Gasteiger charge is 2.17. The van der Waals surface area contributed by atoms with Gasteiger partial charge in [0, 0.05) is 25.9 Å². The van der Waals surface area contributed by atoms with Gasteiger partial charge in [-0.05, 0) is 13.0 Å². The molecule has 0 aliphatic rings. The Bertz CT molecular complexity index is 561. The van der Waals surface area contributed by atoms with Crippen LogP contribution in [-0.2, 0) is 0 Å². The van der Waals surface area contributed by atoms with Gasteiger partial charge in [0.05, 0.1) is 22.9 Å². The minimum Gasteiger partial charge on any atom is -0.397 e. The molecule has 0 aliphatic carbocycles. The number of thiophene rings is 1. The lowest BCUT2D eigenvalue weighted by molar-refractivity contribution is 0.0833. The standard InChI is InChI=1S/C12H17N5OS/c1-7(8-5-14-15-6-8)16-10-4-9(13)11(19-10)12(18)17(2)3/h4-7,16H,13H2,1-3H3,(H,14,15). The molecular weight excluding hydrogens is 262 g/mol. The van der Waals surface area contributed by atoms with E-state index in [1.54, 1.807) is 26.4 Å². The second-order valence-corrected chi connectivity index (χ2v) is 5.54. The molecule has 2 rings (SSSR count). The van der Waals surface area contributed by atoms with Crippen LogP contribution in [0.4, 0.5) is 10.7 Å². The summed E-state index contributed by atoms with van der Waals surface area (Å²) < 4.78 is 0. The van der Waals surface area contributed by atoms with Crippen LogP contribution >= 0.6 is 11.3 Å². The lowest BCUT2D eigenvalue weighted by Gasteiger charge is -2.11. The van der Waals surface area contributed by atoms with Crippen molar-refractivity contribution in [3.63, 3.8) is 0 Å². The molecule has 0 radical (unpaired) electrons. The maximum atomic E-state index is 11.9. The number of nitrogens with zero attached hydrogens (tertiary/aromatic N) is 2. The summed E-state index contributed by atoms with van der Waals surface area (Å²) in [7, 11) is 3.42. The van der Waals surface area contributed by atoms with E-state index in [0.29, 0.717) is 10.6 Å². The van der Waals surface area contributed by atoms with Crippen molar-refractivity contribution in [3.05, 3.63) is 28.9 Å². The van der Waals surface area contributed by atoms with Crippen molar-refractivity contribution in [3.8, 4) is 0 Å². The summed E-state index contributed by atoms with van der Waals surface area (Å²) in [5.74, 6) is -0.0773. The van der Waals surface area contributed by atoms with E-state index in [1.807, 2.05) is 13.1 Å². The lowest BCUT2D eigenvalue weighted by Crippen LogP contribution is -2.21. The maximum Gasteiger partial charge on any atom is 0.265 e. The highest BCUT2D eigenvalue weighted by Crippen LogP contribution is 2.32. The van der Waals surface area contributed by atoms with Gasteiger partial charge in [-0.25, -0.2) is 0 Å². The number of H-pyrrole nitrogens is 1. The Labute approximate surface area is 115 Å². The molecular formula is C12H17N5OS. The number of rotatable bonds is 4. The Balaban J connectivity index is 2.14. The number of hydrogen-bond acceptors (Lipinski definition) is 5. The first-order chi connectivity index (χ1) is 8.99. The molecule has 1 atom stereocenters. The average molecular weight is 279 g/mol. The van der Waals surface area contributed by atoms with E-state index in [-0.39, 0.29) is 11.9 Å². The predicted octanol–water partition coefficient (Wildman–Crippen LogP) is 1.93. The summed E-state index contributed by atoms with van der Waals surface area (Å²) in [5, 5.41) is 10.9. The molecule has 0 saturated heterocycles. The number of nitrogens with one attached hydrogen (secondary N) is 2. The minimum absolute atomic E-state index is 0.0773. The van der Waals surface area contributed by atoms with E-state index < -0.39 is 0 Å². The molecule has 1 unspecified atom stereocenters. The average Bonchev–Trinajstić information content (AvgIpc) is 2.97. The SMILES string of the molecule is CC(Nc1cc(N)c(C(=O)N(C)C)s1)c1cn[nH]c1. The fraction of sp³-hybridized carbons (Fsp3) is 0.333. The zero-order valence-corrected chi connectivity index (χ0v) is 11.9. The summed E-state index contributed by atoms with van der Waals surface area (Å²) in [6, 6.07) is 1.89. The lowest BCUT2D eigenvalue weighted by atomic mass is 10.2. The van der Waals surface area contributed by atoms with Crippen molar-refractivity contribution in [1.29, 1.82) is 0 Å². The molecule has 4 N–H and O–H groups in total. The van der Waals surface area contributed by atoms with Gasteiger partial charge >= 0.3 is 0 Å². The maximum absolute atomic E-state index is 11.9. The molecule has 0 aromatic carbocycles. The molecule has 2 aromatic heterocycles. The zero-order chi connectivity index (χ0) is 14.0. The molecule has 2 aromatic rings. The summed E-state index contributed by atoms with van der Waals surface area (Å²) in [6.45, 7) is 2.02. The van der Waals surface area contributed by atoms with Gasteiger partial charge in [0.15, 0.2) is 0 Å². The third kappa shape index (κ3) is 2.87. The largest absolute Gasteiger partial charge is 0.397 e. The van der Waals surface area contributed by atoms with Crippen LogP contribution in [0.3, 0.4) is 0 Å². The Morgan fingerprint density at radius 2 is 2.32 bits per heavy atom. The number of amides is 1. The smallest absolute Gasteiger partial charge is 0.265 e. The zero-order valence-electron chi connectivity index (χ0n) is 11.1. The van der Waals surface area contributed by atoms with Gasteiger partial charge in [0.2, 0.25) is 0 Å². The van der Waals surface area contributed by atoms with Gasteiger partial charge in [-0.1, -0.05) is 0 Å². The van der Waals surface area contributed by atoms with Gasteiger partial charge in [-0.3, -0.25) is 9.89 Å². The van der Waals surface area contributed by atoms with Crippen LogP contribution in [0, 0.1) is 0 Å². The second-order valence-electron chi connectivity index (χ2n) is 4.49. The summed E-state index contributed by atoms with van der Waals surface area (Å²) in [6.07, 6.45) is 3.60. The summed E-state index contributed by atoms with van der Waals surface area (Å²) in [4.78, 5) is 14.0. The molecule has 102 valence electrons. The van der Waals surface area contributed by atoms with Crippen molar-refractivity contribution in [1.82, 2.24) is 15.1 Å². The van der Waals surface area contributed by atoms with E-state index in [0.717, 1.165) is 10.6 Å². The Morgan fingerprint density at radius 1 is 1.58 bits per heavy atom. The monoisotopic (exact) mass is 279 g/mol. The van der Waals surface area contributed by atoms with Gasteiger partial charge in [-0.15, -0.1) is 11.3 Å². The quantitative estimate of drug-likeness (QED) is 0.798. The fourth-order valence-electron chi connectivity index (χ4n) is 1.64. The van der Waals surface area contributed by atoms with Crippen LogP contribution in [0.25, 0.3) is 0 Å². The number of nitrogens with two attached hydrogens (primary N) is 1. The van der Waals surface area contributed by atoms with E-state index in [2.05, 4.69) is 15.5 Å². The highest BCUT2D eigenvalue weighted by molar-refractivity contribution is 7.18. The van der Waals surface area contributed by atoms with Crippen LogP contribution in [0.2, 0.25) is 0 Å². The van der Waals surface area contributed by atoms with E-state index in [4.69, 9.17) is 5.73 Å². The highest BCUT2D eigenvalue weighted by atomic mass is 32.1. The third-order valence-corrected chi connectivity index (χ3v) is 3.81. The van der Waals surface area contributed by atoms with Gasteiger partial charge in [-0.2, -0.15) is 5.10 Å². The molecule has 0 spiro atoms. The van der Waals surface area contributed by atoms with E-state index >= 15 is 0 Å². The van der Waals surface area contributed by atoms with Crippen molar-refractivity contribution in [2.45, 2.75) is 13.0 Å². The van der Waals surface area contributed by atoms with Gasteiger partial charge in [0.25, 0.3) is 5.91 Å². The Kier molecular flexibility index (Phi) is 3.75. The Hall–Kier alpha value is -2.02. The summed E-state index contributed by atoms with van der Waals surface area (Å²) >= 11 is 1.36. The minimum atomic E-state index is -0.0773. The predicted molar refractivity (Wildman–Crippen MR) is 77.4 cm³/mol. The first-order valence-corrected chi connectivity index (χ1v) is 6.67. The first kappa shape index (κ1) is 13.4. The van der Waals surface area contributed by atoms with Crippen LogP contribution in [0.15, 0.2) is 18.5 Å². The van der Waals surface area contributed by atoms with Crippen LogP contribution < -0.4 is 11.1 Å². The molecule has 7 heteroatoms. The van der Waals surface area contributed by atoms with E-state index in [9.17, 15) is 4.79 Å². The fourth-order valence-corrected chi connectivity index (χ4v) is 2.73. The van der Waals surface area contributed by atoms with Gasteiger partial charge < -0.3 is 16.0 Å². The molecule has 0 aliphatic heterocycles. The summed E-state index contributed by atoms with van der Waals surface area (Å²) in [5.41, 5.74) is 7.43. The number of carbonyl (C=O) groups excluding carboxylic acids is 1. The molecule has 0 fully saturated rings. The first-order valence-electron chi connectivity index (χ1n) is 5.85. The number of carbonyl (C=O) groups is 1. The van der Waals surface area contributed by atoms with Crippen LogP contribution in [-0.4, -0.2) is 35.1 Å². The van der Waals surface area contributed by atoms with Crippen molar-refractivity contribution in [2.24, 2.45) is 0 Å². The number of hydrogen-bond donors (Lipinski definition) is 3. The topological polar surface area (TPSA) is 87.0 Å². The normalized spacial score (nSPS) is 12.2. The van der Waals surface area contributed by atoms with Crippen molar-refractivity contribution in [2.75, 3.05) is 25.1 Å². The van der Waals surface area contributed by atoms with Crippen LogP contribution in [0.1, 0.15) is 28.2 Å². The van der Waals surface area contributed by atoms with Gasteiger partial charge in [0.1, 0.15) is 4.88 Å². The van der Waals surface area contributed by atoms with Crippen molar-refractivity contribution >= 4 is 27.9 Å². The molecule has 0 saturated carbocycles. The molecule has 1 amide bonds. The van der Waals surface area contributed by atoms with Crippen LogP contribution in [0.5, 0.6) is 0 Å². The Morgan fingerprint density at radius 3 is 2.89 bits per heavy atom.